The molecule has 0 aliphatic carbocycles. The van der Waals surface area contributed by atoms with Crippen LogP contribution in [0.3, 0.4) is 0 Å². The summed E-state index contributed by atoms with van der Waals surface area (Å²) >= 11 is 0. The molecule has 9 nitrogen and oxygen atoms in total. The summed E-state index contributed by atoms with van der Waals surface area (Å²) in [6.45, 7) is 3.98. The normalized spacial score (nSPS) is 10.2. The molecule has 0 saturated heterocycles. The van der Waals surface area contributed by atoms with Gasteiger partial charge in [0.2, 0.25) is 0 Å². The molecule has 170 valence electrons. The molecular formula is C24H24N4O5. The number of nitrogens with zero attached hydrogens (tertiary/aromatic N) is 3. The number of ether oxygens (including phenoxy) is 3. The fraction of sp³-hybridized carbons (Fsp3) is 0.208. The summed E-state index contributed by atoms with van der Waals surface area (Å²) in [7, 11) is 0. The van der Waals surface area contributed by atoms with Crippen molar-refractivity contribution in [3.05, 3.63) is 73.6 Å². The second-order valence-electron chi connectivity index (χ2n) is 6.64. The molecule has 3 aromatic heterocycles. The highest BCUT2D eigenvalue weighted by atomic mass is 16.6. The predicted octanol–water partition coefficient (Wildman–Crippen LogP) is 3.43. The van der Waals surface area contributed by atoms with Gasteiger partial charge < -0.3 is 19.5 Å². The van der Waals surface area contributed by atoms with Gasteiger partial charge in [-0.3, -0.25) is 9.97 Å². The first-order valence-corrected chi connectivity index (χ1v) is 10.3. The molecule has 0 atom stereocenters. The SMILES string of the molecule is C=CC(=O)OCCNC(=O)OCCCOc1cc(-c2ccccn2)nc(-c2ccccn2)c1. The Hall–Kier alpha value is -4.27. The Balaban J connectivity index is 1.51. The summed E-state index contributed by atoms with van der Waals surface area (Å²) in [6.07, 6.45) is 4.36. The van der Waals surface area contributed by atoms with E-state index in [2.05, 4.69) is 26.8 Å². The molecule has 0 aromatic carbocycles. The van der Waals surface area contributed by atoms with Gasteiger partial charge in [0.25, 0.3) is 0 Å². The summed E-state index contributed by atoms with van der Waals surface area (Å²) in [5.74, 6) is 0.0654. The third kappa shape index (κ3) is 7.73. The molecule has 33 heavy (non-hydrogen) atoms. The molecule has 0 aliphatic rings. The number of carbonyl (C=O) groups excluding carboxylic acids is 2. The number of esters is 1. The Morgan fingerprint density at radius 3 is 2.12 bits per heavy atom. The summed E-state index contributed by atoms with van der Waals surface area (Å²) in [5, 5.41) is 2.49. The Labute approximate surface area is 191 Å². The predicted molar refractivity (Wildman–Crippen MR) is 121 cm³/mol. The standard InChI is InChI=1S/C24H24N4O5/c1-2-23(29)32-15-12-27-24(30)33-14-7-13-31-18-16-21(19-8-3-5-10-25-19)28-22(17-18)20-9-4-6-11-26-20/h2-6,8-11,16-17H,1,7,12-15H2,(H,27,30). The van der Waals surface area contributed by atoms with Gasteiger partial charge in [-0.25, -0.2) is 14.6 Å². The van der Waals surface area contributed by atoms with Crippen molar-refractivity contribution in [2.24, 2.45) is 0 Å². The van der Waals surface area contributed by atoms with Gasteiger partial charge in [0.1, 0.15) is 12.4 Å². The van der Waals surface area contributed by atoms with E-state index in [1.807, 2.05) is 48.5 Å². The lowest BCUT2D eigenvalue weighted by Crippen LogP contribution is -2.29. The fourth-order valence-electron chi connectivity index (χ4n) is 2.71. The van der Waals surface area contributed by atoms with Crippen molar-refractivity contribution in [2.75, 3.05) is 26.4 Å². The maximum atomic E-state index is 11.6. The maximum absolute atomic E-state index is 11.6. The van der Waals surface area contributed by atoms with Crippen LogP contribution in [0.1, 0.15) is 6.42 Å². The number of pyridine rings is 3. The Kier molecular flexibility index (Phi) is 8.90. The number of aromatic nitrogens is 3. The molecule has 0 saturated carbocycles. The number of nitrogens with one attached hydrogen (secondary N) is 1. The van der Waals surface area contributed by atoms with Gasteiger partial charge in [0.15, 0.2) is 0 Å². The molecule has 0 bridgehead atoms. The van der Waals surface area contributed by atoms with E-state index in [0.717, 1.165) is 17.5 Å². The summed E-state index contributed by atoms with van der Waals surface area (Å²) in [6, 6.07) is 14.8. The highest BCUT2D eigenvalue weighted by Crippen LogP contribution is 2.26. The van der Waals surface area contributed by atoms with E-state index in [1.54, 1.807) is 12.4 Å². The van der Waals surface area contributed by atoms with E-state index >= 15 is 0 Å². The first kappa shape index (κ1) is 23.4. The summed E-state index contributed by atoms with van der Waals surface area (Å²) < 4.78 is 15.7. The first-order chi connectivity index (χ1) is 16.2. The minimum atomic E-state index is -0.594. The van der Waals surface area contributed by atoms with Gasteiger partial charge in [0.05, 0.1) is 42.5 Å². The highest BCUT2D eigenvalue weighted by molar-refractivity contribution is 5.81. The number of hydrogen-bond donors (Lipinski definition) is 1. The van der Waals surface area contributed by atoms with Crippen molar-refractivity contribution >= 4 is 12.1 Å². The van der Waals surface area contributed by atoms with E-state index in [4.69, 9.17) is 14.2 Å². The van der Waals surface area contributed by atoms with Crippen molar-refractivity contribution in [3.8, 4) is 28.5 Å². The van der Waals surface area contributed by atoms with Crippen LogP contribution < -0.4 is 10.1 Å². The number of alkyl carbamates (subject to hydrolysis) is 1. The number of rotatable bonds is 11. The largest absolute Gasteiger partial charge is 0.493 e. The summed E-state index contributed by atoms with van der Waals surface area (Å²) in [5.41, 5.74) is 2.78. The Morgan fingerprint density at radius 1 is 0.879 bits per heavy atom. The van der Waals surface area contributed by atoms with E-state index in [9.17, 15) is 9.59 Å². The van der Waals surface area contributed by atoms with Crippen molar-refractivity contribution in [3.63, 3.8) is 0 Å². The van der Waals surface area contributed by atoms with Crippen LogP contribution in [0.15, 0.2) is 73.6 Å². The maximum Gasteiger partial charge on any atom is 0.407 e. The molecular weight excluding hydrogens is 424 g/mol. The quantitative estimate of drug-likeness (QED) is 0.270. The molecule has 0 unspecified atom stereocenters. The molecule has 3 rings (SSSR count). The zero-order valence-electron chi connectivity index (χ0n) is 18.0. The number of amides is 1. The van der Waals surface area contributed by atoms with Crippen molar-refractivity contribution in [2.45, 2.75) is 6.42 Å². The molecule has 3 aromatic rings. The van der Waals surface area contributed by atoms with E-state index < -0.39 is 12.1 Å². The van der Waals surface area contributed by atoms with Gasteiger partial charge in [0, 0.05) is 37.0 Å². The van der Waals surface area contributed by atoms with Crippen LogP contribution >= 0.6 is 0 Å². The average Bonchev–Trinajstić information content (AvgIpc) is 2.87. The first-order valence-electron chi connectivity index (χ1n) is 10.3. The lowest BCUT2D eigenvalue weighted by molar-refractivity contribution is -0.137. The van der Waals surface area contributed by atoms with Crippen molar-refractivity contribution in [1.29, 1.82) is 0 Å². The lowest BCUT2D eigenvalue weighted by Gasteiger charge is -2.11. The molecule has 1 amide bonds. The molecule has 9 heteroatoms. The molecule has 0 fully saturated rings. The van der Waals surface area contributed by atoms with Gasteiger partial charge in [-0.2, -0.15) is 0 Å². The van der Waals surface area contributed by atoms with Gasteiger partial charge in [-0.05, 0) is 24.3 Å². The second-order valence-corrected chi connectivity index (χ2v) is 6.64. The zero-order chi connectivity index (χ0) is 23.3. The zero-order valence-corrected chi connectivity index (χ0v) is 18.0. The molecule has 1 N–H and O–H groups in total. The minimum absolute atomic E-state index is 0.0440. The second kappa shape index (κ2) is 12.6. The third-order valence-corrected chi connectivity index (χ3v) is 4.23. The smallest absolute Gasteiger partial charge is 0.407 e. The fourth-order valence-corrected chi connectivity index (χ4v) is 2.71. The number of hydrogen-bond acceptors (Lipinski definition) is 8. The molecule has 3 heterocycles. The third-order valence-electron chi connectivity index (χ3n) is 4.23. The van der Waals surface area contributed by atoms with Crippen molar-refractivity contribution < 1.29 is 23.8 Å². The molecule has 0 radical (unpaired) electrons. The van der Waals surface area contributed by atoms with E-state index in [-0.39, 0.29) is 19.8 Å². The van der Waals surface area contributed by atoms with E-state index in [0.29, 0.717) is 30.2 Å². The van der Waals surface area contributed by atoms with Crippen LogP contribution in [0.2, 0.25) is 0 Å². The molecule has 0 spiro atoms. The van der Waals surface area contributed by atoms with Crippen LogP contribution in [0.4, 0.5) is 4.79 Å². The van der Waals surface area contributed by atoms with Gasteiger partial charge in [-0.15, -0.1) is 0 Å². The average molecular weight is 448 g/mol. The lowest BCUT2D eigenvalue weighted by atomic mass is 10.2. The van der Waals surface area contributed by atoms with E-state index in [1.165, 1.54) is 0 Å². The van der Waals surface area contributed by atoms with Gasteiger partial charge in [-0.1, -0.05) is 18.7 Å². The van der Waals surface area contributed by atoms with Gasteiger partial charge >= 0.3 is 12.1 Å². The van der Waals surface area contributed by atoms with Crippen molar-refractivity contribution in [1.82, 2.24) is 20.3 Å². The molecule has 0 aliphatic heterocycles. The monoisotopic (exact) mass is 448 g/mol. The van der Waals surface area contributed by atoms with Crippen LogP contribution in [0, 0.1) is 0 Å². The van der Waals surface area contributed by atoms with Crippen LogP contribution in [0.25, 0.3) is 22.8 Å². The number of carbonyl (C=O) groups is 2. The van der Waals surface area contributed by atoms with Crippen LogP contribution in [0.5, 0.6) is 5.75 Å². The Bertz CT molecular complexity index is 1000. The van der Waals surface area contributed by atoms with Crippen LogP contribution in [-0.4, -0.2) is 53.4 Å². The Morgan fingerprint density at radius 2 is 1.55 bits per heavy atom. The minimum Gasteiger partial charge on any atom is -0.493 e. The topological polar surface area (TPSA) is 113 Å². The summed E-state index contributed by atoms with van der Waals surface area (Å²) in [4.78, 5) is 35.9. The van der Waals surface area contributed by atoms with Crippen LogP contribution in [-0.2, 0) is 14.3 Å². The highest BCUT2D eigenvalue weighted by Gasteiger charge is 2.10.